The first-order valence-electron chi connectivity index (χ1n) is 5.81. The number of hydrogen-bond acceptors (Lipinski definition) is 4. The van der Waals surface area contributed by atoms with Crippen molar-refractivity contribution in [3.8, 4) is 11.5 Å². The number of benzene rings is 1. The lowest BCUT2D eigenvalue weighted by molar-refractivity contribution is 0.167. The van der Waals surface area contributed by atoms with Crippen LogP contribution >= 0.6 is 0 Å². The molecule has 1 atom stereocenters. The second kappa shape index (κ2) is 7.14. The van der Waals surface area contributed by atoms with Gasteiger partial charge in [0, 0.05) is 24.7 Å². The number of methoxy groups -OCH3 is 2. The Morgan fingerprint density at radius 1 is 1.29 bits per heavy atom. The third-order valence-corrected chi connectivity index (χ3v) is 2.66. The quantitative estimate of drug-likeness (QED) is 0.758. The van der Waals surface area contributed by atoms with E-state index in [1.165, 1.54) is 0 Å². The molecule has 96 valence electrons. The smallest absolute Gasteiger partial charge is 0.127 e. The topological polar surface area (TPSA) is 50.7 Å². The molecule has 4 heteroatoms. The Bertz CT molecular complexity index is 341. The van der Waals surface area contributed by atoms with Crippen LogP contribution < -0.4 is 14.8 Å². The Labute approximate surface area is 103 Å². The molecule has 0 bridgehead atoms. The zero-order valence-corrected chi connectivity index (χ0v) is 10.7. The molecule has 0 saturated heterocycles. The van der Waals surface area contributed by atoms with E-state index in [9.17, 15) is 5.11 Å². The van der Waals surface area contributed by atoms with Gasteiger partial charge in [-0.05, 0) is 12.5 Å². The van der Waals surface area contributed by atoms with E-state index in [0.29, 0.717) is 13.1 Å². The molecule has 0 aliphatic carbocycles. The summed E-state index contributed by atoms with van der Waals surface area (Å²) in [5.74, 6) is 1.57. The van der Waals surface area contributed by atoms with Crippen LogP contribution in [-0.2, 0) is 6.54 Å². The Kier molecular flexibility index (Phi) is 5.80. The Morgan fingerprint density at radius 2 is 2.06 bits per heavy atom. The van der Waals surface area contributed by atoms with Gasteiger partial charge in [0.2, 0.25) is 0 Å². The molecule has 0 fully saturated rings. The van der Waals surface area contributed by atoms with Gasteiger partial charge in [0.05, 0.1) is 20.3 Å². The van der Waals surface area contributed by atoms with Gasteiger partial charge >= 0.3 is 0 Å². The van der Waals surface area contributed by atoms with Crippen molar-refractivity contribution in [2.75, 3.05) is 20.8 Å². The highest BCUT2D eigenvalue weighted by Gasteiger charge is 2.05. The van der Waals surface area contributed by atoms with Crippen molar-refractivity contribution >= 4 is 0 Å². The molecule has 17 heavy (non-hydrogen) atoms. The first kappa shape index (κ1) is 13.8. The minimum atomic E-state index is -0.292. The summed E-state index contributed by atoms with van der Waals surface area (Å²) in [6.07, 6.45) is 0.464. The maximum atomic E-state index is 9.43. The van der Waals surface area contributed by atoms with Crippen molar-refractivity contribution < 1.29 is 14.6 Å². The summed E-state index contributed by atoms with van der Waals surface area (Å²) in [6, 6.07) is 5.71. The van der Waals surface area contributed by atoms with Crippen LogP contribution in [0.25, 0.3) is 0 Å². The van der Waals surface area contributed by atoms with E-state index in [-0.39, 0.29) is 6.10 Å². The number of nitrogens with one attached hydrogen (secondary N) is 1. The number of rotatable bonds is 7. The molecule has 0 saturated carbocycles. The van der Waals surface area contributed by atoms with Gasteiger partial charge in [-0.3, -0.25) is 0 Å². The Morgan fingerprint density at radius 3 is 2.65 bits per heavy atom. The number of ether oxygens (including phenoxy) is 2. The zero-order valence-electron chi connectivity index (χ0n) is 10.7. The number of aliphatic hydroxyl groups excluding tert-OH is 1. The molecule has 0 heterocycles. The fourth-order valence-electron chi connectivity index (χ4n) is 1.52. The molecular formula is C13H21NO3. The zero-order chi connectivity index (χ0) is 12.7. The molecule has 0 aliphatic rings. The molecule has 1 aromatic carbocycles. The van der Waals surface area contributed by atoms with E-state index in [0.717, 1.165) is 23.5 Å². The molecule has 0 amide bonds. The van der Waals surface area contributed by atoms with Gasteiger partial charge in [-0.25, -0.2) is 0 Å². The van der Waals surface area contributed by atoms with Gasteiger partial charge in [-0.2, -0.15) is 0 Å². The maximum absolute atomic E-state index is 9.43. The summed E-state index contributed by atoms with van der Waals surface area (Å²) in [5.41, 5.74) is 1.05. The second-order valence-electron chi connectivity index (χ2n) is 3.87. The van der Waals surface area contributed by atoms with E-state index in [4.69, 9.17) is 9.47 Å². The highest BCUT2D eigenvalue weighted by molar-refractivity contribution is 5.40. The predicted molar refractivity (Wildman–Crippen MR) is 67.6 cm³/mol. The molecule has 0 radical (unpaired) electrons. The van der Waals surface area contributed by atoms with Crippen molar-refractivity contribution in [2.45, 2.75) is 26.0 Å². The molecule has 1 rings (SSSR count). The standard InChI is InChI=1S/C13H21NO3/c1-4-11(15)9-14-8-10-5-6-12(16-2)7-13(10)17-3/h5-7,11,14-15H,4,8-9H2,1-3H3/t11-/m1/s1. The van der Waals surface area contributed by atoms with Crippen LogP contribution in [0.3, 0.4) is 0 Å². The van der Waals surface area contributed by atoms with Crippen molar-refractivity contribution in [3.05, 3.63) is 23.8 Å². The lowest BCUT2D eigenvalue weighted by atomic mass is 10.2. The fourth-order valence-corrected chi connectivity index (χ4v) is 1.52. The molecule has 0 aromatic heterocycles. The van der Waals surface area contributed by atoms with Crippen LogP contribution in [0.4, 0.5) is 0 Å². The summed E-state index contributed by atoms with van der Waals surface area (Å²) >= 11 is 0. The van der Waals surface area contributed by atoms with Gasteiger partial charge in [0.25, 0.3) is 0 Å². The highest BCUT2D eigenvalue weighted by atomic mass is 16.5. The highest BCUT2D eigenvalue weighted by Crippen LogP contribution is 2.24. The summed E-state index contributed by atoms with van der Waals surface area (Å²) in [5, 5.41) is 12.6. The van der Waals surface area contributed by atoms with Crippen LogP contribution in [0.5, 0.6) is 11.5 Å². The third kappa shape index (κ3) is 4.24. The molecule has 0 unspecified atom stereocenters. The van der Waals surface area contributed by atoms with Gasteiger partial charge in [0.1, 0.15) is 11.5 Å². The molecule has 1 aromatic rings. The molecule has 0 spiro atoms. The minimum Gasteiger partial charge on any atom is -0.497 e. The Hall–Kier alpha value is -1.26. The van der Waals surface area contributed by atoms with E-state index in [1.807, 2.05) is 25.1 Å². The first-order valence-corrected chi connectivity index (χ1v) is 5.81. The Balaban J connectivity index is 2.58. The van der Waals surface area contributed by atoms with E-state index in [1.54, 1.807) is 14.2 Å². The first-order chi connectivity index (χ1) is 8.21. The summed E-state index contributed by atoms with van der Waals surface area (Å²) in [7, 11) is 3.27. The van der Waals surface area contributed by atoms with E-state index < -0.39 is 0 Å². The predicted octanol–water partition coefficient (Wildman–Crippen LogP) is 1.56. The van der Waals surface area contributed by atoms with Crippen LogP contribution in [-0.4, -0.2) is 32.0 Å². The summed E-state index contributed by atoms with van der Waals surface area (Å²) < 4.78 is 10.4. The van der Waals surface area contributed by atoms with E-state index >= 15 is 0 Å². The lowest BCUT2D eigenvalue weighted by Crippen LogP contribution is -2.25. The number of hydrogen-bond donors (Lipinski definition) is 2. The van der Waals surface area contributed by atoms with Crippen LogP contribution in [0.2, 0.25) is 0 Å². The van der Waals surface area contributed by atoms with Crippen LogP contribution in [0.15, 0.2) is 18.2 Å². The number of aliphatic hydroxyl groups is 1. The van der Waals surface area contributed by atoms with E-state index in [2.05, 4.69) is 5.32 Å². The molecular weight excluding hydrogens is 218 g/mol. The minimum absolute atomic E-state index is 0.292. The van der Waals surface area contributed by atoms with Crippen molar-refractivity contribution in [2.24, 2.45) is 0 Å². The van der Waals surface area contributed by atoms with Crippen LogP contribution in [0, 0.1) is 0 Å². The summed E-state index contributed by atoms with van der Waals surface area (Å²) in [6.45, 7) is 3.22. The molecule has 2 N–H and O–H groups in total. The average molecular weight is 239 g/mol. The maximum Gasteiger partial charge on any atom is 0.127 e. The van der Waals surface area contributed by atoms with Crippen LogP contribution in [0.1, 0.15) is 18.9 Å². The molecule has 0 aliphatic heterocycles. The monoisotopic (exact) mass is 239 g/mol. The fraction of sp³-hybridized carbons (Fsp3) is 0.538. The average Bonchev–Trinajstić information content (AvgIpc) is 2.38. The summed E-state index contributed by atoms with van der Waals surface area (Å²) in [4.78, 5) is 0. The molecule has 4 nitrogen and oxygen atoms in total. The van der Waals surface area contributed by atoms with Crippen molar-refractivity contribution in [1.82, 2.24) is 5.32 Å². The van der Waals surface area contributed by atoms with Crippen molar-refractivity contribution in [3.63, 3.8) is 0 Å². The van der Waals surface area contributed by atoms with Gasteiger partial charge < -0.3 is 19.9 Å². The second-order valence-corrected chi connectivity index (χ2v) is 3.87. The van der Waals surface area contributed by atoms with Crippen molar-refractivity contribution in [1.29, 1.82) is 0 Å². The third-order valence-electron chi connectivity index (χ3n) is 2.66. The largest absolute Gasteiger partial charge is 0.497 e. The lowest BCUT2D eigenvalue weighted by Gasteiger charge is -2.13. The van der Waals surface area contributed by atoms with Gasteiger partial charge in [-0.1, -0.05) is 13.0 Å². The van der Waals surface area contributed by atoms with Gasteiger partial charge in [-0.15, -0.1) is 0 Å². The van der Waals surface area contributed by atoms with Gasteiger partial charge in [0.15, 0.2) is 0 Å². The SMILES string of the molecule is CC[C@@H](O)CNCc1ccc(OC)cc1OC. The normalized spacial score (nSPS) is 12.2.